The van der Waals surface area contributed by atoms with Crippen LogP contribution in [-0.2, 0) is 4.74 Å². The molecule has 0 saturated carbocycles. The van der Waals surface area contributed by atoms with Gasteiger partial charge < -0.3 is 10.1 Å². The van der Waals surface area contributed by atoms with Crippen molar-refractivity contribution in [1.82, 2.24) is 5.32 Å². The van der Waals surface area contributed by atoms with Gasteiger partial charge in [0.1, 0.15) is 0 Å². The first kappa shape index (κ1) is 11.5. The van der Waals surface area contributed by atoms with E-state index in [0.29, 0.717) is 18.7 Å². The van der Waals surface area contributed by atoms with Crippen LogP contribution in [0.15, 0.2) is 24.3 Å². The van der Waals surface area contributed by atoms with Crippen LogP contribution in [0.1, 0.15) is 10.4 Å². The zero-order valence-electron chi connectivity index (χ0n) is 7.92. The van der Waals surface area contributed by atoms with E-state index in [2.05, 4.69) is 27.9 Å². The van der Waals surface area contributed by atoms with Crippen molar-refractivity contribution in [2.75, 3.05) is 20.3 Å². The highest BCUT2D eigenvalue weighted by Crippen LogP contribution is 2.06. The van der Waals surface area contributed by atoms with Gasteiger partial charge in [0.15, 0.2) is 0 Å². The average molecular weight is 305 g/mol. The van der Waals surface area contributed by atoms with Crippen LogP contribution < -0.4 is 5.32 Å². The Morgan fingerprint density at radius 1 is 1.43 bits per heavy atom. The Kier molecular flexibility index (Phi) is 4.89. The molecular weight excluding hydrogens is 293 g/mol. The molecule has 0 atom stereocenters. The lowest BCUT2D eigenvalue weighted by atomic mass is 10.2. The van der Waals surface area contributed by atoms with E-state index in [4.69, 9.17) is 4.74 Å². The summed E-state index contributed by atoms with van der Waals surface area (Å²) in [5, 5.41) is 2.75. The van der Waals surface area contributed by atoms with Crippen molar-refractivity contribution in [3.63, 3.8) is 0 Å². The number of rotatable bonds is 4. The van der Waals surface area contributed by atoms with Crippen LogP contribution in [0.25, 0.3) is 0 Å². The second-order valence-electron chi connectivity index (χ2n) is 2.76. The van der Waals surface area contributed by atoms with Crippen molar-refractivity contribution in [2.24, 2.45) is 0 Å². The standard InChI is InChI=1S/C10H12INO2/c1-14-7-6-12-10(13)8-2-4-9(11)5-3-8/h2-5H,6-7H2,1H3,(H,12,13). The first-order valence-corrected chi connectivity index (χ1v) is 5.34. The van der Waals surface area contributed by atoms with Crippen molar-refractivity contribution in [1.29, 1.82) is 0 Å². The van der Waals surface area contributed by atoms with E-state index in [1.54, 1.807) is 7.11 Å². The van der Waals surface area contributed by atoms with Gasteiger partial charge >= 0.3 is 0 Å². The van der Waals surface area contributed by atoms with Gasteiger partial charge in [-0.05, 0) is 46.9 Å². The molecule has 1 rings (SSSR count). The Hall–Kier alpha value is -0.620. The van der Waals surface area contributed by atoms with Crippen LogP contribution in [0.2, 0.25) is 0 Å². The van der Waals surface area contributed by atoms with Gasteiger partial charge in [-0.3, -0.25) is 4.79 Å². The van der Waals surface area contributed by atoms with Crippen molar-refractivity contribution < 1.29 is 9.53 Å². The third-order valence-corrected chi connectivity index (χ3v) is 2.42. The van der Waals surface area contributed by atoms with Crippen LogP contribution in [0, 0.1) is 3.57 Å². The summed E-state index contributed by atoms with van der Waals surface area (Å²) in [7, 11) is 1.61. The molecule has 1 aromatic rings. The van der Waals surface area contributed by atoms with Crippen molar-refractivity contribution in [3.8, 4) is 0 Å². The molecule has 0 aromatic heterocycles. The number of ether oxygens (including phenoxy) is 1. The number of halogens is 1. The quantitative estimate of drug-likeness (QED) is 0.679. The van der Waals surface area contributed by atoms with Gasteiger partial charge in [0.25, 0.3) is 5.91 Å². The molecular formula is C10H12INO2. The Bertz CT molecular complexity index is 297. The second-order valence-corrected chi connectivity index (χ2v) is 4.00. The lowest BCUT2D eigenvalue weighted by Gasteiger charge is -2.03. The number of amides is 1. The smallest absolute Gasteiger partial charge is 0.251 e. The summed E-state index contributed by atoms with van der Waals surface area (Å²) in [5.74, 6) is -0.0570. The van der Waals surface area contributed by atoms with Gasteiger partial charge in [-0.25, -0.2) is 0 Å². The predicted octanol–water partition coefficient (Wildman–Crippen LogP) is 1.67. The molecule has 1 amide bonds. The van der Waals surface area contributed by atoms with Crippen LogP contribution in [-0.4, -0.2) is 26.2 Å². The predicted molar refractivity (Wildman–Crippen MR) is 63.4 cm³/mol. The third-order valence-electron chi connectivity index (χ3n) is 1.70. The molecule has 0 saturated heterocycles. The number of hydrogen-bond donors (Lipinski definition) is 1. The zero-order chi connectivity index (χ0) is 10.4. The van der Waals surface area contributed by atoms with Crippen LogP contribution >= 0.6 is 22.6 Å². The van der Waals surface area contributed by atoms with Gasteiger partial charge in [-0.15, -0.1) is 0 Å². The fourth-order valence-electron chi connectivity index (χ4n) is 0.970. The minimum absolute atomic E-state index is 0.0570. The molecule has 1 N–H and O–H groups in total. The maximum Gasteiger partial charge on any atom is 0.251 e. The highest BCUT2D eigenvalue weighted by atomic mass is 127. The van der Waals surface area contributed by atoms with Crippen molar-refractivity contribution in [3.05, 3.63) is 33.4 Å². The fourth-order valence-corrected chi connectivity index (χ4v) is 1.33. The van der Waals surface area contributed by atoms with Gasteiger partial charge in [0.2, 0.25) is 0 Å². The Labute approximate surface area is 97.0 Å². The van der Waals surface area contributed by atoms with E-state index in [-0.39, 0.29) is 5.91 Å². The van der Waals surface area contributed by atoms with E-state index in [9.17, 15) is 4.79 Å². The summed E-state index contributed by atoms with van der Waals surface area (Å²) < 4.78 is 5.95. The Morgan fingerprint density at radius 3 is 2.64 bits per heavy atom. The summed E-state index contributed by atoms with van der Waals surface area (Å²) in [5.41, 5.74) is 0.682. The monoisotopic (exact) mass is 305 g/mol. The molecule has 0 aliphatic rings. The number of benzene rings is 1. The molecule has 0 radical (unpaired) electrons. The molecule has 0 bridgehead atoms. The van der Waals surface area contributed by atoms with E-state index in [0.717, 1.165) is 3.57 Å². The summed E-state index contributed by atoms with van der Waals surface area (Å²) in [4.78, 5) is 11.5. The lowest BCUT2D eigenvalue weighted by Crippen LogP contribution is -2.26. The van der Waals surface area contributed by atoms with Crippen LogP contribution in [0.4, 0.5) is 0 Å². The fraction of sp³-hybridized carbons (Fsp3) is 0.300. The second kappa shape index (κ2) is 5.98. The molecule has 0 unspecified atom stereocenters. The number of carbonyl (C=O) groups excluding carboxylic acids is 1. The maximum absolute atomic E-state index is 11.5. The highest BCUT2D eigenvalue weighted by Gasteiger charge is 2.02. The number of methoxy groups -OCH3 is 1. The lowest BCUT2D eigenvalue weighted by molar-refractivity contribution is 0.0937. The molecule has 3 nitrogen and oxygen atoms in total. The highest BCUT2D eigenvalue weighted by molar-refractivity contribution is 14.1. The first-order valence-electron chi connectivity index (χ1n) is 4.26. The van der Waals surface area contributed by atoms with Crippen molar-refractivity contribution in [2.45, 2.75) is 0 Å². The number of carbonyl (C=O) groups is 1. The van der Waals surface area contributed by atoms with E-state index >= 15 is 0 Å². The summed E-state index contributed by atoms with van der Waals surface area (Å²) in [6.07, 6.45) is 0. The average Bonchev–Trinajstić information content (AvgIpc) is 2.19. The third kappa shape index (κ3) is 3.63. The maximum atomic E-state index is 11.5. The number of hydrogen-bond acceptors (Lipinski definition) is 2. The summed E-state index contributed by atoms with van der Waals surface area (Å²) in [6, 6.07) is 7.44. The largest absolute Gasteiger partial charge is 0.383 e. The molecule has 14 heavy (non-hydrogen) atoms. The number of nitrogens with one attached hydrogen (secondary N) is 1. The minimum Gasteiger partial charge on any atom is -0.383 e. The molecule has 76 valence electrons. The van der Waals surface area contributed by atoms with E-state index < -0.39 is 0 Å². The van der Waals surface area contributed by atoms with Gasteiger partial charge in [-0.2, -0.15) is 0 Å². The van der Waals surface area contributed by atoms with Gasteiger partial charge in [0, 0.05) is 22.8 Å². The van der Waals surface area contributed by atoms with Crippen molar-refractivity contribution >= 4 is 28.5 Å². The molecule has 0 aliphatic carbocycles. The Morgan fingerprint density at radius 2 is 2.07 bits per heavy atom. The molecule has 0 fully saturated rings. The SMILES string of the molecule is COCCNC(=O)c1ccc(I)cc1. The first-order chi connectivity index (χ1) is 6.74. The molecule has 1 aromatic carbocycles. The Balaban J connectivity index is 2.48. The normalized spacial score (nSPS) is 9.86. The summed E-state index contributed by atoms with van der Waals surface area (Å²) in [6.45, 7) is 1.08. The van der Waals surface area contributed by atoms with Gasteiger partial charge in [0.05, 0.1) is 6.61 Å². The van der Waals surface area contributed by atoms with Crippen LogP contribution in [0.3, 0.4) is 0 Å². The minimum atomic E-state index is -0.0570. The van der Waals surface area contributed by atoms with Gasteiger partial charge in [-0.1, -0.05) is 0 Å². The molecule has 0 aliphatic heterocycles. The van der Waals surface area contributed by atoms with Crippen LogP contribution in [0.5, 0.6) is 0 Å². The molecule has 0 heterocycles. The summed E-state index contributed by atoms with van der Waals surface area (Å²) >= 11 is 2.20. The topological polar surface area (TPSA) is 38.3 Å². The zero-order valence-corrected chi connectivity index (χ0v) is 10.1. The molecule has 0 spiro atoms. The van der Waals surface area contributed by atoms with E-state index in [1.165, 1.54) is 0 Å². The van der Waals surface area contributed by atoms with E-state index in [1.807, 2.05) is 24.3 Å². The molecule has 4 heteroatoms.